The lowest BCUT2D eigenvalue weighted by molar-refractivity contribution is 0.173. The van der Waals surface area contributed by atoms with Gasteiger partial charge in [0.25, 0.3) is 0 Å². The number of benzene rings is 2. The van der Waals surface area contributed by atoms with Crippen LogP contribution in [0.1, 0.15) is 23.9 Å². The smallest absolute Gasteiger partial charge is 0.408 e. The molecular weight excluding hydrogens is 355 g/mol. The molecule has 2 heterocycles. The number of aromatic nitrogens is 1. The number of hydrogen-bond acceptors (Lipinski definition) is 3. The van der Waals surface area contributed by atoms with Gasteiger partial charge in [0.1, 0.15) is 23.7 Å². The van der Waals surface area contributed by atoms with Crippen LogP contribution in [0.4, 0.5) is 9.18 Å². The van der Waals surface area contributed by atoms with Gasteiger partial charge in [-0.3, -0.25) is 0 Å². The SMILES string of the molecule is C[C@@]1(c2cccc(C#Cc3ccccc3)n2)COC(=O)N1.Fc1ccccc1. The molecule has 0 unspecified atom stereocenters. The molecule has 4 nitrogen and oxygen atoms in total. The van der Waals surface area contributed by atoms with Crippen LogP contribution in [0, 0.1) is 17.7 Å². The van der Waals surface area contributed by atoms with Crippen LogP contribution in [0.3, 0.4) is 0 Å². The molecule has 0 aliphatic carbocycles. The van der Waals surface area contributed by atoms with Gasteiger partial charge in [-0.05, 0) is 49.2 Å². The van der Waals surface area contributed by atoms with Gasteiger partial charge in [0, 0.05) is 5.56 Å². The number of rotatable bonds is 1. The van der Waals surface area contributed by atoms with Crippen molar-refractivity contribution in [2.45, 2.75) is 12.5 Å². The Labute approximate surface area is 163 Å². The second-order valence-corrected chi connectivity index (χ2v) is 6.35. The van der Waals surface area contributed by atoms with Crippen LogP contribution in [0.5, 0.6) is 0 Å². The number of alkyl carbamates (subject to hydrolysis) is 1. The first kappa shape index (κ1) is 19.1. The van der Waals surface area contributed by atoms with Crippen LogP contribution < -0.4 is 5.32 Å². The fourth-order valence-corrected chi connectivity index (χ4v) is 2.53. The van der Waals surface area contributed by atoms with Crippen molar-refractivity contribution in [3.05, 3.63) is 102 Å². The summed E-state index contributed by atoms with van der Waals surface area (Å²) in [4.78, 5) is 15.7. The van der Waals surface area contributed by atoms with E-state index in [0.717, 1.165) is 11.3 Å². The number of cyclic esters (lactones) is 1. The molecule has 1 aromatic heterocycles. The lowest BCUT2D eigenvalue weighted by atomic mass is 9.99. The van der Waals surface area contributed by atoms with Crippen LogP contribution in [0.25, 0.3) is 0 Å². The van der Waals surface area contributed by atoms with E-state index in [0.29, 0.717) is 5.69 Å². The molecular formula is C23H19FN2O2. The summed E-state index contributed by atoms with van der Waals surface area (Å²) in [5.41, 5.74) is 1.75. The third kappa shape index (κ3) is 5.18. The quantitative estimate of drug-likeness (QED) is 0.648. The topological polar surface area (TPSA) is 51.2 Å². The Morgan fingerprint density at radius 1 is 0.964 bits per heavy atom. The molecule has 1 amide bonds. The first-order valence-corrected chi connectivity index (χ1v) is 8.75. The standard InChI is InChI=1S/C17H14N2O2.C6H5F/c1-17(12-21-16(20)19-17)15-9-5-8-14(18-15)11-10-13-6-3-2-4-7-13;7-6-4-2-1-3-5-6/h2-9H,12H2,1H3,(H,19,20);1-5H/t17-;/m0./s1. The number of amides is 1. The van der Waals surface area contributed by atoms with Gasteiger partial charge in [-0.25, -0.2) is 14.2 Å². The Morgan fingerprint density at radius 3 is 2.21 bits per heavy atom. The number of halogens is 1. The van der Waals surface area contributed by atoms with Gasteiger partial charge in [0.05, 0.1) is 5.69 Å². The predicted molar refractivity (Wildman–Crippen MR) is 105 cm³/mol. The average Bonchev–Trinajstić information content (AvgIpc) is 3.08. The van der Waals surface area contributed by atoms with E-state index in [1.807, 2.05) is 55.5 Å². The Hall–Kier alpha value is -3.65. The Balaban J connectivity index is 0.000000271. The fourth-order valence-electron chi connectivity index (χ4n) is 2.53. The Bertz CT molecular complexity index is 997. The van der Waals surface area contributed by atoms with E-state index in [4.69, 9.17) is 4.74 Å². The maximum atomic E-state index is 11.9. The molecule has 1 aliphatic rings. The summed E-state index contributed by atoms with van der Waals surface area (Å²) >= 11 is 0. The van der Waals surface area contributed by atoms with Gasteiger partial charge in [0.2, 0.25) is 0 Å². The van der Waals surface area contributed by atoms with Crippen LogP contribution in [-0.4, -0.2) is 17.7 Å². The monoisotopic (exact) mass is 374 g/mol. The minimum atomic E-state index is -0.596. The van der Waals surface area contributed by atoms with Crippen molar-refractivity contribution in [3.8, 4) is 11.8 Å². The van der Waals surface area contributed by atoms with Gasteiger partial charge in [-0.15, -0.1) is 0 Å². The highest BCUT2D eigenvalue weighted by molar-refractivity contribution is 5.71. The zero-order valence-corrected chi connectivity index (χ0v) is 15.4. The molecule has 28 heavy (non-hydrogen) atoms. The largest absolute Gasteiger partial charge is 0.447 e. The average molecular weight is 374 g/mol. The van der Waals surface area contributed by atoms with E-state index in [-0.39, 0.29) is 12.4 Å². The Kier molecular flexibility index (Phi) is 6.03. The molecule has 1 N–H and O–H groups in total. The van der Waals surface area contributed by atoms with Crippen molar-refractivity contribution in [2.75, 3.05) is 6.61 Å². The van der Waals surface area contributed by atoms with Crippen molar-refractivity contribution in [3.63, 3.8) is 0 Å². The molecule has 5 heteroatoms. The van der Waals surface area contributed by atoms with E-state index < -0.39 is 11.6 Å². The number of nitrogens with zero attached hydrogens (tertiary/aromatic N) is 1. The number of pyridine rings is 1. The lowest BCUT2D eigenvalue weighted by Gasteiger charge is -2.20. The van der Waals surface area contributed by atoms with Gasteiger partial charge in [-0.1, -0.05) is 48.4 Å². The van der Waals surface area contributed by atoms with Crippen LogP contribution in [0.15, 0.2) is 78.9 Å². The molecule has 140 valence electrons. The molecule has 4 rings (SSSR count). The summed E-state index contributed by atoms with van der Waals surface area (Å²) in [6.45, 7) is 2.16. The van der Waals surface area contributed by atoms with Crippen molar-refractivity contribution in [1.29, 1.82) is 0 Å². The molecule has 1 fully saturated rings. The second kappa shape index (κ2) is 8.83. The molecule has 0 saturated carbocycles. The first-order chi connectivity index (χ1) is 13.5. The van der Waals surface area contributed by atoms with Crippen molar-refractivity contribution < 1.29 is 13.9 Å². The van der Waals surface area contributed by atoms with Crippen molar-refractivity contribution >= 4 is 6.09 Å². The predicted octanol–water partition coefficient (Wildman–Crippen LogP) is 4.26. The summed E-state index contributed by atoms with van der Waals surface area (Å²) in [6.07, 6.45) is -0.417. The van der Waals surface area contributed by atoms with E-state index in [1.165, 1.54) is 12.1 Å². The maximum absolute atomic E-state index is 11.9. The molecule has 1 atom stereocenters. The van der Waals surface area contributed by atoms with Gasteiger partial charge in [-0.2, -0.15) is 0 Å². The first-order valence-electron chi connectivity index (χ1n) is 8.75. The van der Waals surface area contributed by atoms with Gasteiger partial charge >= 0.3 is 6.09 Å². The molecule has 0 bridgehead atoms. The molecule has 1 aliphatic heterocycles. The molecule has 1 saturated heterocycles. The number of carbonyl (C=O) groups excluding carboxylic acids is 1. The van der Waals surface area contributed by atoms with Gasteiger partial charge < -0.3 is 10.1 Å². The molecule has 2 aromatic carbocycles. The zero-order chi connectivity index (χ0) is 19.8. The third-order valence-electron chi connectivity index (χ3n) is 4.03. The second-order valence-electron chi connectivity index (χ2n) is 6.35. The summed E-state index contributed by atoms with van der Waals surface area (Å²) in [7, 11) is 0. The fraction of sp³-hybridized carbons (Fsp3) is 0.130. The summed E-state index contributed by atoms with van der Waals surface area (Å²) < 4.78 is 16.9. The Morgan fingerprint density at radius 2 is 1.64 bits per heavy atom. The molecule has 0 radical (unpaired) electrons. The summed E-state index contributed by atoms with van der Waals surface area (Å²) in [5.74, 6) is 5.93. The highest BCUT2D eigenvalue weighted by atomic mass is 19.1. The van der Waals surface area contributed by atoms with Crippen molar-refractivity contribution in [2.24, 2.45) is 0 Å². The number of ether oxygens (including phenoxy) is 1. The van der Waals surface area contributed by atoms with Gasteiger partial charge in [0.15, 0.2) is 0 Å². The highest BCUT2D eigenvalue weighted by Gasteiger charge is 2.37. The molecule has 0 spiro atoms. The number of carbonyl (C=O) groups is 1. The van der Waals surface area contributed by atoms with E-state index in [1.54, 1.807) is 18.2 Å². The lowest BCUT2D eigenvalue weighted by Crippen LogP contribution is -2.38. The number of hydrogen-bond donors (Lipinski definition) is 1. The maximum Gasteiger partial charge on any atom is 0.408 e. The molecule has 3 aromatic rings. The van der Waals surface area contributed by atoms with Crippen LogP contribution in [-0.2, 0) is 10.3 Å². The summed E-state index contributed by atoms with van der Waals surface area (Å²) in [5, 5.41) is 2.78. The number of nitrogens with one attached hydrogen (secondary N) is 1. The minimum Gasteiger partial charge on any atom is -0.447 e. The van der Waals surface area contributed by atoms with Crippen LogP contribution in [0.2, 0.25) is 0 Å². The zero-order valence-electron chi connectivity index (χ0n) is 15.4. The summed E-state index contributed by atoms with van der Waals surface area (Å²) in [6, 6.07) is 23.3. The van der Waals surface area contributed by atoms with E-state index >= 15 is 0 Å². The van der Waals surface area contributed by atoms with Crippen LogP contribution >= 0.6 is 0 Å². The van der Waals surface area contributed by atoms with E-state index in [9.17, 15) is 9.18 Å². The van der Waals surface area contributed by atoms with Crippen molar-refractivity contribution in [1.82, 2.24) is 10.3 Å². The third-order valence-corrected chi connectivity index (χ3v) is 4.03. The minimum absolute atomic E-state index is 0.178. The normalized spacial score (nSPS) is 17.3. The van der Waals surface area contributed by atoms with E-state index in [2.05, 4.69) is 22.1 Å². The highest BCUT2D eigenvalue weighted by Crippen LogP contribution is 2.23.